The Labute approximate surface area is 79.8 Å². The van der Waals surface area contributed by atoms with Gasteiger partial charge in [0.05, 0.1) is 0 Å². The van der Waals surface area contributed by atoms with E-state index in [2.05, 4.69) is 19.1 Å². The molecular weight excluding hydrogens is 160 g/mol. The molecule has 3 aliphatic rings. The first-order valence-electron chi connectivity index (χ1n) is 5.60. The number of allylic oxidation sites excluding steroid dienone is 2. The number of aliphatic hydroxyl groups is 1. The molecule has 0 amide bonds. The summed E-state index contributed by atoms with van der Waals surface area (Å²) in [5.74, 6) is 4.89. The van der Waals surface area contributed by atoms with E-state index >= 15 is 0 Å². The highest BCUT2D eigenvalue weighted by molar-refractivity contribution is 5.15. The quantitative estimate of drug-likeness (QED) is 0.609. The molecule has 2 fully saturated rings. The molecule has 2 saturated carbocycles. The second kappa shape index (κ2) is 2.60. The second-order valence-corrected chi connectivity index (χ2v) is 5.17. The van der Waals surface area contributed by atoms with Crippen molar-refractivity contribution >= 4 is 0 Å². The Bertz CT molecular complexity index is 246. The normalized spacial score (nSPS) is 57.4. The molecule has 3 rings (SSSR count). The van der Waals surface area contributed by atoms with Crippen molar-refractivity contribution in [1.82, 2.24) is 0 Å². The van der Waals surface area contributed by atoms with E-state index in [1.54, 1.807) is 0 Å². The van der Waals surface area contributed by atoms with Crippen LogP contribution >= 0.6 is 0 Å². The van der Waals surface area contributed by atoms with Crippen LogP contribution in [0.5, 0.6) is 0 Å². The van der Waals surface area contributed by atoms with Gasteiger partial charge in [-0.2, -0.15) is 0 Å². The number of rotatable bonds is 1. The summed E-state index contributed by atoms with van der Waals surface area (Å²) in [5, 5.41) is 9.35. The maximum absolute atomic E-state index is 9.35. The van der Waals surface area contributed by atoms with Gasteiger partial charge in [-0.25, -0.2) is 0 Å². The van der Waals surface area contributed by atoms with Crippen molar-refractivity contribution in [3.63, 3.8) is 0 Å². The number of hydrogen-bond donors (Lipinski definition) is 1. The molecule has 0 aromatic carbocycles. The lowest BCUT2D eigenvalue weighted by molar-refractivity contribution is 0.0855. The van der Waals surface area contributed by atoms with Gasteiger partial charge < -0.3 is 5.11 Å². The van der Waals surface area contributed by atoms with Crippen molar-refractivity contribution < 1.29 is 5.11 Å². The van der Waals surface area contributed by atoms with E-state index in [0.29, 0.717) is 12.5 Å². The van der Waals surface area contributed by atoms with Gasteiger partial charge in [-0.05, 0) is 48.3 Å². The Morgan fingerprint density at radius 2 is 2.15 bits per heavy atom. The predicted molar refractivity (Wildman–Crippen MR) is 52.1 cm³/mol. The molecule has 0 aliphatic heterocycles. The van der Waals surface area contributed by atoms with E-state index in [4.69, 9.17) is 0 Å². The lowest BCUT2D eigenvalue weighted by Crippen LogP contribution is -2.32. The maximum atomic E-state index is 9.35. The molecule has 0 radical (unpaired) electrons. The van der Waals surface area contributed by atoms with Crippen molar-refractivity contribution in [3.05, 3.63) is 12.2 Å². The average molecular weight is 178 g/mol. The smallest absolute Gasteiger partial charge is 0.0464 e. The fraction of sp³-hybridized carbons (Fsp3) is 0.833. The van der Waals surface area contributed by atoms with Gasteiger partial charge in [0.25, 0.3) is 0 Å². The molecule has 6 atom stereocenters. The second-order valence-electron chi connectivity index (χ2n) is 5.17. The van der Waals surface area contributed by atoms with Gasteiger partial charge in [0.2, 0.25) is 0 Å². The molecule has 0 aromatic rings. The summed E-state index contributed by atoms with van der Waals surface area (Å²) in [6.07, 6.45) is 7.49. The Balaban J connectivity index is 1.91. The summed E-state index contributed by atoms with van der Waals surface area (Å²) >= 11 is 0. The largest absolute Gasteiger partial charge is 0.396 e. The van der Waals surface area contributed by atoms with Crippen LogP contribution in [-0.4, -0.2) is 11.7 Å². The highest BCUT2D eigenvalue weighted by atomic mass is 16.3. The van der Waals surface area contributed by atoms with Crippen molar-refractivity contribution in [3.8, 4) is 0 Å². The topological polar surface area (TPSA) is 20.2 Å². The third kappa shape index (κ3) is 0.864. The SMILES string of the molecule is CC1C2CC(C3C=CCC32)C1CO. The lowest BCUT2D eigenvalue weighted by Gasteiger charge is -2.35. The van der Waals surface area contributed by atoms with Crippen molar-refractivity contribution in [1.29, 1.82) is 0 Å². The molecule has 1 heteroatoms. The molecular formula is C12H18O. The van der Waals surface area contributed by atoms with Crippen LogP contribution in [0.15, 0.2) is 12.2 Å². The van der Waals surface area contributed by atoms with E-state index in [1.807, 2.05) is 0 Å². The zero-order chi connectivity index (χ0) is 9.00. The number of hydrogen-bond acceptors (Lipinski definition) is 1. The standard InChI is InChI=1S/C12H18O/c1-7-10-5-11(12(7)6-13)9-4-2-3-8(9)10/h2,4,7-13H,3,5-6H2,1H3. The minimum Gasteiger partial charge on any atom is -0.396 e. The highest BCUT2D eigenvalue weighted by Gasteiger charge is 2.55. The maximum Gasteiger partial charge on any atom is 0.0464 e. The van der Waals surface area contributed by atoms with Crippen LogP contribution in [0.25, 0.3) is 0 Å². The zero-order valence-corrected chi connectivity index (χ0v) is 8.19. The minimum atomic E-state index is 0.416. The Morgan fingerprint density at radius 1 is 1.31 bits per heavy atom. The first kappa shape index (κ1) is 8.05. The molecule has 72 valence electrons. The summed E-state index contributed by atoms with van der Waals surface area (Å²) in [7, 11) is 0. The van der Waals surface area contributed by atoms with Gasteiger partial charge in [-0.3, -0.25) is 0 Å². The van der Waals surface area contributed by atoms with Crippen LogP contribution in [0.3, 0.4) is 0 Å². The number of aliphatic hydroxyl groups excluding tert-OH is 1. The Kier molecular flexibility index (Phi) is 1.61. The lowest BCUT2D eigenvalue weighted by atomic mass is 9.70. The van der Waals surface area contributed by atoms with Crippen LogP contribution in [0, 0.1) is 35.5 Å². The molecule has 1 N–H and O–H groups in total. The van der Waals surface area contributed by atoms with Gasteiger partial charge >= 0.3 is 0 Å². The molecule has 0 aromatic heterocycles. The van der Waals surface area contributed by atoms with Crippen LogP contribution < -0.4 is 0 Å². The van der Waals surface area contributed by atoms with Crippen molar-refractivity contribution in [2.45, 2.75) is 19.8 Å². The summed E-state index contributed by atoms with van der Waals surface area (Å²) in [5.41, 5.74) is 0. The van der Waals surface area contributed by atoms with Gasteiger partial charge in [-0.1, -0.05) is 19.1 Å². The van der Waals surface area contributed by atoms with E-state index < -0.39 is 0 Å². The van der Waals surface area contributed by atoms with E-state index in [-0.39, 0.29) is 0 Å². The fourth-order valence-electron chi connectivity index (χ4n) is 4.33. The van der Waals surface area contributed by atoms with Crippen molar-refractivity contribution in [2.24, 2.45) is 35.5 Å². The van der Waals surface area contributed by atoms with E-state index in [9.17, 15) is 5.11 Å². The predicted octanol–water partition coefficient (Wildman–Crippen LogP) is 2.07. The Morgan fingerprint density at radius 3 is 2.92 bits per heavy atom. The van der Waals surface area contributed by atoms with Crippen LogP contribution in [0.4, 0.5) is 0 Å². The third-order valence-corrected chi connectivity index (χ3v) is 4.96. The molecule has 3 aliphatic carbocycles. The first-order valence-corrected chi connectivity index (χ1v) is 5.60. The molecule has 0 heterocycles. The molecule has 13 heavy (non-hydrogen) atoms. The Hall–Kier alpha value is -0.300. The van der Waals surface area contributed by atoms with Crippen molar-refractivity contribution in [2.75, 3.05) is 6.61 Å². The monoisotopic (exact) mass is 178 g/mol. The average Bonchev–Trinajstić information content (AvgIpc) is 2.71. The first-order chi connectivity index (χ1) is 6.33. The molecule has 2 bridgehead atoms. The zero-order valence-electron chi connectivity index (χ0n) is 8.19. The van der Waals surface area contributed by atoms with Crippen LogP contribution in [-0.2, 0) is 0 Å². The van der Waals surface area contributed by atoms with Gasteiger partial charge in [-0.15, -0.1) is 0 Å². The van der Waals surface area contributed by atoms with E-state index in [0.717, 1.165) is 29.6 Å². The minimum absolute atomic E-state index is 0.416. The third-order valence-electron chi connectivity index (χ3n) is 4.96. The van der Waals surface area contributed by atoms with Gasteiger partial charge in [0.15, 0.2) is 0 Å². The van der Waals surface area contributed by atoms with E-state index in [1.165, 1.54) is 12.8 Å². The van der Waals surface area contributed by atoms with Crippen LogP contribution in [0.1, 0.15) is 19.8 Å². The summed E-state index contributed by atoms with van der Waals surface area (Å²) in [6, 6.07) is 0. The summed E-state index contributed by atoms with van der Waals surface area (Å²) in [4.78, 5) is 0. The van der Waals surface area contributed by atoms with Gasteiger partial charge in [0, 0.05) is 6.61 Å². The molecule has 0 saturated heterocycles. The molecule has 0 spiro atoms. The summed E-state index contributed by atoms with van der Waals surface area (Å²) in [6.45, 7) is 2.76. The molecule has 6 unspecified atom stereocenters. The highest BCUT2D eigenvalue weighted by Crippen LogP contribution is 2.61. The summed E-state index contributed by atoms with van der Waals surface area (Å²) < 4.78 is 0. The molecule has 1 nitrogen and oxygen atoms in total. The van der Waals surface area contributed by atoms with Gasteiger partial charge in [0.1, 0.15) is 0 Å². The number of fused-ring (bicyclic) bond motifs is 5. The van der Waals surface area contributed by atoms with Crippen LogP contribution in [0.2, 0.25) is 0 Å². The fourth-order valence-corrected chi connectivity index (χ4v) is 4.33.